The number of thioether (sulfide) groups is 1. The van der Waals surface area contributed by atoms with Crippen LogP contribution in [0.2, 0.25) is 5.02 Å². The largest absolute Gasteiger partial charge is 0.478 e. The van der Waals surface area contributed by atoms with Crippen LogP contribution < -0.4 is 5.32 Å². The van der Waals surface area contributed by atoms with Gasteiger partial charge in [-0.2, -0.15) is 0 Å². The second kappa shape index (κ2) is 10.8. The summed E-state index contributed by atoms with van der Waals surface area (Å²) in [5.41, 5.74) is 1.38. The number of hydrogen-bond acceptors (Lipinski definition) is 7. The molecule has 1 amide bonds. The number of rotatable bonds is 8. The summed E-state index contributed by atoms with van der Waals surface area (Å²) < 4.78 is 7.35. The zero-order valence-corrected chi connectivity index (χ0v) is 19.2. The van der Waals surface area contributed by atoms with Gasteiger partial charge in [0, 0.05) is 29.5 Å². The first-order valence-electron chi connectivity index (χ1n) is 10.3. The van der Waals surface area contributed by atoms with E-state index in [2.05, 4.69) is 20.4 Å². The van der Waals surface area contributed by atoms with E-state index < -0.39 is 5.97 Å². The lowest BCUT2D eigenvalue weighted by atomic mass is 10.2. The van der Waals surface area contributed by atoms with Crippen molar-refractivity contribution in [3.63, 3.8) is 0 Å². The number of anilines is 1. The van der Waals surface area contributed by atoms with Crippen molar-refractivity contribution in [2.45, 2.75) is 11.7 Å². The predicted octanol–water partition coefficient (Wildman–Crippen LogP) is 3.18. The number of benzene rings is 2. The molecule has 33 heavy (non-hydrogen) atoms. The molecule has 1 aliphatic rings. The Morgan fingerprint density at radius 2 is 1.88 bits per heavy atom. The summed E-state index contributed by atoms with van der Waals surface area (Å²) in [7, 11) is 0. The number of hydrogen-bond donors (Lipinski definition) is 2. The van der Waals surface area contributed by atoms with Crippen LogP contribution in [-0.4, -0.2) is 68.7 Å². The molecule has 11 heteroatoms. The number of carboxylic acid groups (broad SMARTS) is 1. The molecule has 172 valence electrons. The van der Waals surface area contributed by atoms with Gasteiger partial charge >= 0.3 is 5.97 Å². The number of ether oxygens (including phenoxy) is 1. The van der Waals surface area contributed by atoms with Crippen molar-refractivity contribution in [1.82, 2.24) is 19.7 Å². The first-order chi connectivity index (χ1) is 16.0. The highest BCUT2D eigenvalue weighted by atomic mass is 35.5. The van der Waals surface area contributed by atoms with Crippen LogP contribution in [0, 0.1) is 0 Å². The number of carbonyl (C=O) groups excluding carboxylic acids is 1. The Bertz CT molecular complexity index is 1130. The molecule has 1 aromatic heterocycles. The second-order valence-corrected chi connectivity index (χ2v) is 8.70. The quantitative estimate of drug-likeness (QED) is 0.466. The average Bonchev–Trinajstić information content (AvgIpc) is 3.21. The molecule has 0 saturated carbocycles. The van der Waals surface area contributed by atoms with Gasteiger partial charge in [0.25, 0.3) is 0 Å². The van der Waals surface area contributed by atoms with Crippen molar-refractivity contribution in [2.75, 3.05) is 37.4 Å². The van der Waals surface area contributed by atoms with Crippen molar-refractivity contribution in [2.24, 2.45) is 0 Å². The molecule has 4 rings (SSSR count). The maximum Gasteiger partial charge on any atom is 0.335 e. The Balaban J connectivity index is 1.49. The van der Waals surface area contributed by atoms with E-state index >= 15 is 0 Å². The van der Waals surface area contributed by atoms with E-state index in [9.17, 15) is 9.59 Å². The molecule has 0 bridgehead atoms. The summed E-state index contributed by atoms with van der Waals surface area (Å²) in [6.45, 7) is 3.59. The summed E-state index contributed by atoms with van der Waals surface area (Å²) in [4.78, 5) is 25.9. The highest BCUT2D eigenvalue weighted by Crippen LogP contribution is 2.24. The molecular formula is C22H22ClN5O4S. The van der Waals surface area contributed by atoms with Gasteiger partial charge in [-0.05, 0) is 42.5 Å². The zero-order valence-electron chi connectivity index (χ0n) is 17.6. The molecule has 0 radical (unpaired) electrons. The summed E-state index contributed by atoms with van der Waals surface area (Å²) in [5, 5.41) is 21.8. The van der Waals surface area contributed by atoms with Crippen molar-refractivity contribution in [1.29, 1.82) is 0 Å². The third-order valence-electron chi connectivity index (χ3n) is 4.98. The van der Waals surface area contributed by atoms with E-state index in [1.54, 1.807) is 24.3 Å². The van der Waals surface area contributed by atoms with Gasteiger partial charge in [0.15, 0.2) is 11.0 Å². The van der Waals surface area contributed by atoms with Gasteiger partial charge in [0.2, 0.25) is 5.91 Å². The Hall–Kier alpha value is -2.92. The molecule has 9 nitrogen and oxygen atoms in total. The normalized spacial score (nSPS) is 14.2. The van der Waals surface area contributed by atoms with Crippen LogP contribution in [0.1, 0.15) is 16.2 Å². The Morgan fingerprint density at radius 1 is 1.12 bits per heavy atom. The van der Waals surface area contributed by atoms with Gasteiger partial charge in [-0.3, -0.25) is 14.3 Å². The van der Waals surface area contributed by atoms with E-state index in [1.165, 1.54) is 23.9 Å². The Labute approximate surface area is 199 Å². The van der Waals surface area contributed by atoms with Crippen molar-refractivity contribution in [3.8, 4) is 5.69 Å². The monoisotopic (exact) mass is 487 g/mol. The van der Waals surface area contributed by atoms with Crippen LogP contribution in [0.4, 0.5) is 5.69 Å². The molecule has 1 saturated heterocycles. The van der Waals surface area contributed by atoms with Gasteiger partial charge in [0.05, 0.1) is 31.1 Å². The fraction of sp³-hybridized carbons (Fsp3) is 0.273. The van der Waals surface area contributed by atoms with Gasteiger partial charge < -0.3 is 15.2 Å². The number of aromatic carboxylic acids is 1. The lowest BCUT2D eigenvalue weighted by Gasteiger charge is -2.26. The molecular weight excluding hydrogens is 466 g/mol. The molecule has 0 unspecified atom stereocenters. The maximum atomic E-state index is 12.5. The molecule has 0 spiro atoms. The van der Waals surface area contributed by atoms with Crippen LogP contribution in [0.25, 0.3) is 5.69 Å². The zero-order chi connectivity index (χ0) is 23.2. The molecule has 1 aliphatic heterocycles. The summed E-state index contributed by atoms with van der Waals surface area (Å²) >= 11 is 7.31. The minimum Gasteiger partial charge on any atom is -0.478 e. The average molecular weight is 488 g/mol. The van der Waals surface area contributed by atoms with Gasteiger partial charge in [0.1, 0.15) is 0 Å². The lowest BCUT2D eigenvalue weighted by Crippen LogP contribution is -2.36. The van der Waals surface area contributed by atoms with Gasteiger partial charge in [-0.15, -0.1) is 10.2 Å². The van der Waals surface area contributed by atoms with Crippen molar-refractivity contribution >= 4 is 40.9 Å². The highest BCUT2D eigenvalue weighted by Gasteiger charge is 2.20. The van der Waals surface area contributed by atoms with E-state index in [0.29, 0.717) is 35.6 Å². The number of aromatic nitrogens is 3. The summed E-state index contributed by atoms with van der Waals surface area (Å²) in [6, 6.07) is 13.5. The molecule has 2 N–H and O–H groups in total. The number of carbonyl (C=O) groups is 2. The molecule has 2 aromatic carbocycles. The maximum absolute atomic E-state index is 12.5. The predicted molar refractivity (Wildman–Crippen MR) is 125 cm³/mol. The summed E-state index contributed by atoms with van der Waals surface area (Å²) in [5.74, 6) is -0.482. The first kappa shape index (κ1) is 23.2. The number of morpholine rings is 1. The number of carboxylic acids is 1. The molecule has 2 heterocycles. The second-order valence-electron chi connectivity index (χ2n) is 7.32. The van der Waals surface area contributed by atoms with E-state index in [4.69, 9.17) is 21.4 Å². The number of nitrogens with one attached hydrogen (secondary N) is 1. The summed E-state index contributed by atoms with van der Waals surface area (Å²) in [6.07, 6.45) is 0. The van der Waals surface area contributed by atoms with Gasteiger partial charge in [-0.25, -0.2) is 4.79 Å². The van der Waals surface area contributed by atoms with Crippen molar-refractivity contribution < 1.29 is 19.4 Å². The Morgan fingerprint density at radius 3 is 2.61 bits per heavy atom. The fourth-order valence-electron chi connectivity index (χ4n) is 3.36. The highest BCUT2D eigenvalue weighted by molar-refractivity contribution is 7.99. The van der Waals surface area contributed by atoms with E-state index in [1.807, 2.05) is 16.7 Å². The number of nitrogens with zero attached hydrogens (tertiary/aromatic N) is 4. The molecule has 0 atom stereocenters. The molecule has 0 aliphatic carbocycles. The van der Waals surface area contributed by atoms with Crippen LogP contribution in [0.5, 0.6) is 0 Å². The fourth-order valence-corrected chi connectivity index (χ4v) is 4.26. The number of halogens is 1. The first-order valence-corrected chi connectivity index (χ1v) is 11.6. The van der Waals surface area contributed by atoms with Crippen molar-refractivity contribution in [3.05, 3.63) is 64.9 Å². The van der Waals surface area contributed by atoms with E-state index in [-0.39, 0.29) is 17.2 Å². The third kappa shape index (κ3) is 6.11. The van der Waals surface area contributed by atoms with Crippen LogP contribution in [0.15, 0.2) is 53.7 Å². The Kier molecular flexibility index (Phi) is 7.61. The third-order valence-corrected chi connectivity index (χ3v) is 6.16. The topological polar surface area (TPSA) is 110 Å². The SMILES string of the molecule is O=C(CSc1nnc(CN2CCOCC2)n1-c1ccc(Cl)cc1)Nc1cccc(C(=O)O)c1. The van der Waals surface area contributed by atoms with Crippen LogP contribution in [0.3, 0.4) is 0 Å². The van der Waals surface area contributed by atoms with E-state index in [0.717, 1.165) is 24.6 Å². The molecule has 1 fully saturated rings. The smallest absolute Gasteiger partial charge is 0.335 e. The minimum atomic E-state index is -1.05. The molecule has 3 aromatic rings. The van der Waals surface area contributed by atoms with Crippen LogP contribution >= 0.6 is 23.4 Å². The van der Waals surface area contributed by atoms with Crippen LogP contribution in [-0.2, 0) is 16.1 Å². The minimum absolute atomic E-state index is 0.0839. The number of amides is 1. The van der Waals surface area contributed by atoms with Gasteiger partial charge in [-0.1, -0.05) is 29.4 Å². The lowest BCUT2D eigenvalue weighted by molar-refractivity contribution is -0.113. The standard InChI is InChI=1S/C22H22ClN5O4S/c23-16-4-6-18(7-5-16)28-19(13-27-8-10-32-11-9-27)25-26-22(28)33-14-20(29)24-17-3-1-2-15(12-17)21(30)31/h1-7,12H,8-11,13-14H2,(H,24,29)(H,30,31).